The van der Waals surface area contributed by atoms with Crippen LogP contribution in [0.1, 0.15) is 51.9 Å². The van der Waals surface area contributed by atoms with E-state index in [0.29, 0.717) is 40.5 Å². The van der Waals surface area contributed by atoms with Gasteiger partial charge in [-0.1, -0.05) is 6.92 Å². The molecule has 0 saturated carbocycles. The summed E-state index contributed by atoms with van der Waals surface area (Å²) >= 11 is 1.35. The second kappa shape index (κ2) is 10.6. The van der Waals surface area contributed by atoms with Gasteiger partial charge in [-0.05, 0) is 51.0 Å². The van der Waals surface area contributed by atoms with Gasteiger partial charge in [0.05, 0.1) is 18.8 Å². The molecule has 0 aliphatic heterocycles. The first-order valence-corrected chi connectivity index (χ1v) is 10.2. The average Bonchev–Trinajstić information content (AvgIpc) is 3.02. The molecule has 0 spiro atoms. The second-order valence-electron chi connectivity index (χ2n) is 6.02. The van der Waals surface area contributed by atoms with E-state index in [1.54, 1.807) is 25.1 Å². The first kappa shape index (κ1) is 22.4. The van der Waals surface area contributed by atoms with Crippen LogP contribution in [0.25, 0.3) is 0 Å². The maximum atomic E-state index is 12.4. The van der Waals surface area contributed by atoms with E-state index in [9.17, 15) is 14.4 Å². The lowest BCUT2D eigenvalue weighted by atomic mass is 10.1. The van der Waals surface area contributed by atoms with Crippen molar-refractivity contribution >= 4 is 34.5 Å². The summed E-state index contributed by atoms with van der Waals surface area (Å²) in [6.45, 7) is 7.74. The smallest absolute Gasteiger partial charge is 0.341 e. The van der Waals surface area contributed by atoms with Crippen molar-refractivity contribution in [1.29, 1.82) is 0 Å². The van der Waals surface area contributed by atoms with Crippen molar-refractivity contribution in [2.45, 2.75) is 34.1 Å². The number of rotatable bonds is 10. The van der Waals surface area contributed by atoms with E-state index in [-0.39, 0.29) is 13.2 Å². The summed E-state index contributed by atoms with van der Waals surface area (Å²) in [5.74, 6) is -0.131. The number of benzene rings is 1. The summed E-state index contributed by atoms with van der Waals surface area (Å²) in [5.41, 5.74) is 1.65. The molecule has 0 unspecified atom stereocenters. The third-order valence-electron chi connectivity index (χ3n) is 4.06. The molecule has 0 radical (unpaired) electrons. The molecule has 29 heavy (non-hydrogen) atoms. The Labute approximate surface area is 174 Å². The predicted octanol–water partition coefficient (Wildman–Crippen LogP) is 4.02. The third-order valence-corrected chi connectivity index (χ3v) is 5.41. The molecular weight excluding hydrogens is 394 g/mol. The first-order chi connectivity index (χ1) is 13.9. The minimum absolute atomic E-state index is 0.253. The fraction of sp³-hybridized carbons (Fsp3) is 0.381. The van der Waals surface area contributed by atoms with E-state index in [2.05, 4.69) is 5.32 Å². The minimum Gasteiger partial charge on any atom is -0.490 e. The van der Waals surface area contributed by atoms with Gasteiger partial charge in [0, 0.05) is 10.4 Å². The Hall–Kier alpha value is -2.87. The lowest BCUT2D eigenvalue weighted by molar-refractivity contribution is -0.118. The number of carbonyl (C=O) groups excluding carboxylic acids is 3. The highest BCUT2D eigenvalue weighted by Crippen LogP contribution is 2.34. The molecule has 1 amide bonds. The monoisotopic (exact) mass is 419 g/mol. The van der Waals surface area contributed by atoms with Gasteiger partial charge < -0.3 is 19.5 Å². The number of hydrogen-bond donors (Lipinski definition) is 1. The van der Waals surface area contributed by atoms with E-state index < -0.39 is 11.9 Å². The van der Waals surface area contributed by atoms with Crippen LogP contribution in [0.2, 0.25) is 0 Å². The van der Waals surface area contributed by atoms with Crippen molar-refractivity contribution in [3.05, 3.63) is 39.8 Å². The Morgan fingerprint density at radius 3 is 2.48 bits per heavy atom. The number of carbonyl (C=O) groups is 3. The maximum Gasteiger partial charge on any atom is 0.341 e. The van der Waals surface area contributed by atoms with Gasteiger partial charge >= 0.3 is 5.97 Å². The van der Waals surface area contributed by atoms with E-state index in [4.69, 9.17) is 14.2 Å². The number of amides is 1. The molecule has 0 saturated heterocycles. The topological polar surface area (TPSA) is 90.9 Å². The van der Waals surface area contributed by atoms with Gasteiger partial charge in [-0.3, -0.25) is 9.59 Å². The Kier molecular flexibility index (Phi) is 8.21. The van der Waals surface area contributed by atoms with Crippen LogP contribution in [0.3, 0.4) is 0 Å². The molecule has 2 rings (SSSR count). The molecule has 0 aliphatic carbocycles. The molecule has 2 aromatic rings. The van der Waals surface area contributed by atoms with E-state index in [1.807, 2.05) is 20.8 Å². The highest BCUT2D eigenvalue weighted by Gasteiger charge is 2.23. The number of thiophene rings is 1. The van der Waals surface area contributed by atoms with Gasteiger partial charge in [-0.25, -0.2) is 4.79 Å². The van der Waals surface area contributed by atoms with Crippen LogP contribution in [0.15, 0.2) is 18.2 Å². The van der Waals surface area contributed by atoms with Crippen LogP contribution in [-0.4, -0.2) is 38.0 Å². The number of esters is 1. The van der Waals surface area contributed by atoms with Crippen LogP contribution >= 0.6 is 11.3 Å². The molecule has 0 aliphatic rings. The zero-order chi connectivity index (χ0) is 21.4. The van der Waals surface area contributed by atoms with Crippen LogP contribution in [0.5, 0.6) is 11.5 Å². The van der Waals surface area contributed by atoms with Crippen LogP contribution in [-0.2, 0) is 16.0 Å². The van der Waals surface area contributed by atoms with Crippen molar-refractivity contribution in [3.8, 4) is 11.5 Å². The normalized spacial score (nSPS) is 10.3. The van der Waals surface area contributed by atoms with Gasteiger partial charge in [0.25, 0.3) is 5.91 Å². The molecule has 1 heterocycles. The molecule has 156 valence electrons. The molecule has 8 heteroatoms. The number of ether oxygens (including phenoxy) is 3. The quantitative estimate of drug-likeness (QED) is 0.462. The lowest BCUT2D eigenvalue weighted by Gasteiger charge is -2.12. The highest BCUT2D eigenvalue weighted by molar-refractivity contribution is 7.17. The fourth-order valence-corrected chi connectivity index (χ4v) is 3.88. The Balaban J connectivity index is 2.14. The third kappa shape index (κ3) is 5.57. The Morgan fingerprint density at radius 1 is 1.10 bits per heavy atom. The fourth-order valence-electron chi connectivity index (χ4n) is 2.73. The Morgan fingerprint density at radius 2 is 1.86 bits per heavy atom. The Bertz CT molecular complexity index is 890. The zero-order valence-corrected chi connectivity index (χ0v) is 17.8. The molecule has 1 aromatic heterocycles. The molecular formula is C21H25NO6S. The van der Waals surface area contributed by atoms with Crippen molar-refractivity contribution in [2.24, 2.45) is 0 Å². The SMILES string of the molecule is CCOC(=O)c1c(NC(=O)COc2ccc(C=O)cc2OCC)sc(CC)c1C. The number of anilines is 1. The predicted molar refractivity (Wildman–Crippen MR) is 112 cm³/mol. The maximum absolute atomic E-state index is 12.4. The molecule has 0 bridgehead atoms. The van der Waals surface area contributed by atoms with Crippen molar-refractivity contribution < 1.29 is 28.6 Å². The van der Waals surface area contributed by atoms with Crippen molar-refractivity contribution in [2.75, 3.05) is 25.1 Å². The molecule has 1 N–H and O–H groups in total. The molecule has 7 nitrogen and oxygen atoms in total. The van der Waals surface area contributed by atoms with Gasteiger partial charge in [-0.15, -0.1) is 11.3 Å². The van der Waals surface area contributed by atoms with Gasteiger partial charge in [0.1, 0.15) is 11.3 Å². The highest BCUT2D eigenvalue weighted by atomic mass is 32.1. The summed E-state index contributed by atoms with van der Waals surface area (Å²) in [6.07, 6.45) is 1.45. The van der Waals surface area contributed by atoms with Gasteiger partial charge in [-0.2, -0.15) is 0 Å². The zero-order valence-electron chi connectivity index (χ0n) is 17.0. The van der Waals surface area contributed by atoms with Crippen molar-refractivity contribution in [1.82, 2.24) is 0 Å². The van der Waals surface area contributed by atoms with E-state index in [1.165, 1.54) is 11.3 Å². The summed E-state index contributed by atoms with van der Waals surface area (Å²) in [6, 6.07) is 4.72. The van der Waals surface area contributed by atoms with Crippen LogP contribution in [0, 0.1) is 6.92 Å². The number of hydrogen-bond acceptors (Lipinski definition) is 7. The van der Waals surface area contributed by atoms with E-state index in [0.717, 1.165) is 16.9 Å². The lowest BCUT2D eigenvalue weighted by Crippen LogP contribution is -2.21. The van der Waals surface area contributed by atoms with E-state index >= 15 is 0 Å². The van der Waals surface area contributed by atoms with Crippen LogP contribution < -0.4 is 14.8 Å². The van der Waals surface area contributed by atoms with Gasteiger partial charge in [0.2, 0.25) is 0 Å². The molecule has 0 fully saturated rings. The summed E-state index contributed by atoms with van der Waals surface area (Å²) in [7, 11) is 0. The number of aryl methyl sites for hydroxylation is 1. The summed E-state index contributed by atoms with van der Waals surface area (Å²) < 4.78 is 16.2. The number of nitrogens with one attached hydrogen (secondary N) is 1. The largest absolute Gasteiger partial charge is 0.490 e. The number of aldehydes is 1. The van der Waals surface area contributed by atoms with Crippen molar-refractivity contribution in [3.63, 3.8) is 0 Å². The average molecular weight is 419 g/mol. The van der Waals surface area contributed by atoms with Gasteiger partial charge in [0.15, 0.2) is 18.1 Å². The second-order valence-corrected chi connectivity index (χ2v) is 7.13. The van der Waals surface area contributed by atoms with Crippen LogP contribution in [0.4, 0.5) is 5.00 Å². The minimum atomic E-state index is -0.458. The summed E-state index contributed by atoms with van der Waals surface area (Å²) in [4.78, 5) is 36.7. The standard InChI is InChI=1S/C21H25NO6S/c1-5-17-13(4)19(21(25)27-7-3)20(29-17)22-18(24)12-28-15-9-8-14(11-23)10-16(15)26-6-2/h8-11H,5-7,12H2,1-4H3,(H,22,24). The summed E-state index contributed by atoms with van der Waals surface area (Å²) in [5, 5.41) is 3.20. The first-order valence-electron chi connectivity index (χ1n) is 9.39. The molecule has 1 aromatic carbocycles. The molecule has 0 atom stereocenters.